The summed E-state index contributed by atoms with van der Waals surface area (Å²) in [5.74, 6) is 0.154. The normalized spacial score (nSPS) is 12.7. The maximum absolute atomic E-state index is 13.7. The summed E-state index contributed by atoms with van der Waals surface area (Å²) in [6.45, 7) is 3.31. The molecule has 45 heavy (non-hydrogen) atoms. The van der Waals surface area contributed by atoms with Gasteiger partial charge in [0.25, 0.3) is 5.56 Å². The highest BCUT2D eigenvalue weighted by Gasteiger charge is 2.30. The molecule has 0 bridgehead atoms. The van der Waals surface area contributed by atoms with E-state index >= 15 is 0 Å². The Morgan fingerprint density at radius 2 is 1.56 bits per heavy atom. The van der Waals surface area contributed by atoms with Gasteiger partial charge in [0, 0.05) is 30.1 Å². The van der Waals surface area contributed by atoms with Crippen LogP contribution in [0.25, 0.3) is 11.1 Å². The number of rotatable bonds is 12. The Labute approximate surface area is 264 Å². The van der Waals surface area contributed by atoms with E-state index in [-0.39, 0.29) is 23.8 Å². The molecule has 236 valence electrons. The number of aryl methyl sites for hydroxylation is 1. The fourth-order valence-electron chi connectivity index (χ4n) is 5.64. The minimum absolute atomic E-state index is 0.0299. The smallest absolute Gasteiger partial charge is 0.341 e. The Morgan fingerprint density at radius 1 is 0.911 bits per heavy atom. The number of halogens is 4. The van der Waals surface area contributed by atoms with Gasteiger partial charge in [0.15, 0.2) is 5.16 Å². The first-order chi connectivity index (χ1) is 21.6. The van der Waals surface area contributed by atoms with Gasteiger partial charge in [-0.3, -0.25) is 9.59 Å². The Kier molecular flexibility index (Phi) is 10.4. The largest absolute Gasteiger partial charge is 0.416 e. The molecule has 0 saturated carbocycles. The molecule has 1 aromatic heterocycles. The van der Waals surface area contributed by atoms with Crippen LogP contribution < -0.4 is 5.56 Å². The number of carbonyl (C=O) groups is 1. The van der Waals surface area contributed by atoms with Crippen molar-refractivity contribution in [2.24, 2.45) is 0 Å². The van der Waals surface area contributed by atoms with E-state index < -0.39 is 11.7 Å². The average molecular weight is 638 g/mol. The molecule has 0 saturated heterocycles. The summed E-state index contributed by atoms with van der Waals surface area (Å²) in [6.07, 6.45) is 0.171. The number of fused-ring (bicyclic) bond motifs is 1. The van der Waals surface area contributed by atoms with Crippen LogP contribution in [0.3, 0.4) is 0 Å². The van der Waals surface area contributed by atoms with Gasteiger partial charge in [-0.25, -0.2) is 4.39 Å². The first kappa shape index (κ1) is 32.5. The summed E-state index contributed by atoms with van der Waals surface area (Å²) >= 11 is 1.38. The van der Waals surface area contributed by atoms with E-state index in [9.17, 15) is 27.2 Å². The first-order valence-electron chi connectivity index (χ1n) is 15.2. The number of benzene rings is 3. The van der Waals surface area contributed by atoms with Crippen LogP contribution in [0.4, 0.5) is 17.6 Å². The van der Waals surface area contributed by atoms with Gasteiger partial charge in [0.05, 0.1) is 5.56 Å². The topological polar surface area (TPSA) is 55.2 Å². The highest BCUT2D eigenvalue weighted by atomic mass is 32.2. The predicted molar refractivity (Wildman–Crippen MR) is 169 cm³/mol. The molecule has 5 rings (SSSR count). The number of thioether (sulfide) groups is 1. The molecule has 0 N–H and O–H groups in total. The summed E-state index contributed by atoms with van der Waals surface area (Å²) < 4.78 is 54.0. The fourth-order valence-corrected chi connectivity index (χ4v) is 6.61. The van der Waals surface area contributed by atoms with Crippen molar-refractivity contribution >= 4 is 17.7 Å². The number of nitrogens with zero attached hydrogens (tertiary/aromatic N) is 3. The molecule has 3 aromatic carbocycles. The lowest BCUT2D eigenvalue weighted by Gasteiger charge is -2.25. The maximum atomic E-state index is 13.7. The maximum Gasteiger partial charge on any atom is 0.416 e. The monoisotopic (exact) mass is 637 g/mol. The van der Waals surface area contributed by atoms with Crippen LogP contribution in [-0.4, -0.2) is 33.4 Å². The molecule has 4 aromatic rings. The Hall–Kier alpha value is -3.92. The van der Waals surface area contributed by atoms with Gasteiger partial charge in [-0.15, -0.1) is 0 Å². The number of amides is 1. The highest BCUT2D eigenvalue weighted by molar-refractivity contribution is 7.98. The summed E-state index contributed by atoms with van der Waals surface area (Å²) in [5, 5.41) is 0.503. The van der Waals surface area contributed by atoms with E-state index in [1.165, 1.54) is 36.0 Å². The van der Waals surface area contributed by atoms with Crippen molar-refractivity contribution in [2.45, 2.75) is 69.1 Å². The molecule has 10 heteroatoms. The van der Waals surface area contributed by atoms with Crippen molar-refractivity contribution in [1.29, 1.82) is 0 Å². The summed E-state index contributed by atoms with van der Waals surface area (Å²) in [6, 6.07) is 19.1. The standard InChI is InChI=1S/C35H35F4N3O2S/c1-2-20-41(21-4-5-24-8-12-26(13-9-24)27-14-16-28(17-15-27)35(37,38)39)32(43)22-42-31-7-3-6-30(31)33(44)40-34(42)45-23-25-10-18-29(36)19-11-25/h8-19H,2-7,20-23H2,1H3. The first-order valence-corrected chi connectivity index (χ1v) is 16.1. The predicted octanol–water partition coefficient (Wildman–Crippen LogP) is 7.72. The number of alkyl halides is 3. The third-order valence-electron chi connectivity index (χ3n) is 8.01. The van der Waals surface area contributed by atoms with Gasteiger partial charge in [0.2, 0.25) is 5.91 Å². The molecule has 0 radical (unpaired) electrons. The van der Waals surface area contributed by atoms with Crippen molar-refractivity contribution in [2.75, 3.05) is 13.1 Å². The highest BCUT2D eigenvalue weighted by Crippen LogP contribution is 2.31. The van der Waals surface area contributed by atoms with Crippen LogP contribution in [0.2, 0.25) is 0 Å². The van der Waals surface area contributed by atoms with Gasteiger partial charge >= 0.3 is 6.18 Å². The molecule has 1 aliphatic carbocycles. The second kappa shape index (κ2) is 14.5. The van der Waals surface area contributed by atoms with Crippen LogP contribution in [0.1, 0.15) is 54.1 Å². The third kappa shape index (κ3) is 8.22. The van der Waals surface area contributed by atoms with Crippen LogP contribution in [0.15, 0.2) is 82.7 Å². The number of hydrogen-bond donors (Lipinski definition) is 0. The van der Waals surface area contributed by atoms with E-state index in [2.05, 4.69) is 4.98 Å². The number of hydrogen-bond acceptors (Lipinski definition) is 4. The van der Waals surface area contributed by atoms with E-state index in [0.29, 0.717) is 41.5 Å². The third-order valence-corrected chi connectivity index (χ3v) is 9.06. The van der Waals surface area contributed by atoms with Gasteiger partial charge in [-0.1, -0.05) is 67.2 Å². The van der Waals surface area contributed by atoms with Crippen LogP contribution >= 0.6 is 11.8 Å². The number of aromatic nitrogens is 2. The Balaban J connectivity index is 1.23. The van der Waals surface area contributed by atoms with Gasteiger partial charge in [0.1, 0.15) is 12.4 Å². The lowest BCUT2D eigenvalue weighted by atomic mass is 10.0. The van der Waals surface area contributed by atoms with E-state index in [1.54, 1.807) is 12.1 Å². The summed E-state index contributed by atoms with van der Waals surface area (Å²) in [4.78, 5) is 32.6. The zero-order chi connectivity index (χ0) is 32.0. The van der Waals surface area contributed by atoms with Crippen molar-refractivity contribution in [3.8, 4) is 11.1 Å². The fraction of sp³-hybridized carbons (Fsp3) is 0.343. The number of carbonyl (C=O) groups excluding carboxylic acids is 1. The Bertz CT molecular complexity index is 1670. The zero-order valence-electron chi connectivity index (χ0n) is 25.1. The molecular formula is C35H35F4N3O2S. The van der Waals surface area contributed by atoms with Crippen molar-refractivity contribution in [1.82, 2.24) is 14.5 Å². The molecule has 1 heterocycles. The zero-order valence-corrected chi connectivity index (χ0v) is 25.9. The van der Waals surface area contributed by atoms with Crippen molar-refractivity contribution in [3.63, 3.8) is 0 Å². The minimum Gasteiger partial charge on any atom is -0.341 e. The second-order valence-electron chi connectivity index (χ2n) is 11.2. The average Bonchev–Trinajstić information content (AvgIpc) is 3.53. The molecule has 0 spiro atoms. The lowest BCUT2D eigenvalue weighted by molar-refractivity contribution is -0.137. The van der Waals surface area contributed by atoms with Crippen molar-refractivity contribution in [3.05, 3.63) is 117 Å². The lowest BCUT2D eigenvalue weighted by Crippen LogP contribution is -2.37. The van der Waals surface area contributed by atoms with Crippen molar-refractivity contribution < 1.29 is 22.4 Å². The minimum atomic E-state index is -4.36. The van der Waals surface area contributed by atoms with Gasteiger partial charge in [-0.05, 0) is 85.0 Å². The van der Waals surface area contributed by atoms with Gasteiger partial charge in [-0.2, -0.15) is 18.2 Å². The molecule has 1 amide bonds. The van der Waals surface area contributed by atoms with Crippen LogP contribution in [-0.2, 0) is 42.5 Å². The summed E-state index contributed by atoms with van der Waals surface area (Å²) in [7, 11) is 0. The molecule has 5 nitrogen and oxygen atoms in total. The second-order valence-corrected chi connectivity index (χ2v) is 12.2. The molecule has 0 atom stereocenters. The van der Waals surface area contributed by atoms with Gasteiger partial charge < -0.3 is 9.47 Å². The quantitative estimate of drug-likeness (QED) is 0.0907. The Morgan fingerprint density at radius 3 is 2.20 bits per heavy atom. The molecule has 1 aliphatic rings. The summed E-state index contributed by atoms with van der Waals surface area (Å²) in [5.41, 5.74) is 4.20. The molecular weight excluding hydrogens is 602 g/mol. The molecule has 0 unspecified atom stereocenters. The van der Waals surface area contributed by atoms with E-state index in [0.717, 1.165) is 66.6 Å². The van der Waals surface area contributed by atoms with E-state index in [1.807, 2.05) is 40.7 Å². The van der Waals surface area contributed by atoms with Crippen LogP contribution in [0, 0.1) is 5.82 Å². The van der Waals surface area contributed by atoms with Crippen LogP contribution in [0.5, 0.6) is 0 Å². The molecule has 0 fully saturated rings. The SMILES string of the molecule is CCCN(CCCc1ccc(-c2ccc(C(F)(F)F)cc2)cc1)C(=O)Cn1c(SCc2ccc(F)cc2)nc(=O)c2c1CCC2. The van der Waals surface area contributed by atoms with E-state index in [4.69, 9.17) is 0 Å². The molecule has 0 aliphatic heterocycles.